The Morgan fingerprint density at radius 3 is 3.00 bits per heavy atom. The van der Waals surface area contributed by atoms with Crippen LogP contribution in [0.2, 0.25) is 0 Å². The maximum atomic E-state index is 5.70. The van der Waals surface area contributed by atoms with E-state index >= 15 is 0 Å². The summed E-state index contributed by atoms with van der Waals surface area (Å²) in [5.41, 5.74) is 6.32. The molecule has 0 unspecified atom stereocenters. The van der Waals surface area contributed by atoms with Crippen molar-refractivity contribution in [1.82, 2.24) is 4.98 Å². The van der Waals surface area contributed by atoms with Gasteiger partial charge in [-0.15, -0.1) is 0 Å². The largest absolute Gasteiger partial charge is 0.495 e. The molecule has 2 N–H and O–H groups in total. The monoisotopic (exact) mass is 222 g/mol. The van der Waals surface area contributed by atoms with E-state index in [0.29, 0.717) is 16.7 Å². The maximum Gasteiger partial charge on any atom is 0.260 e. The van der Waals surface area contributed by atoms with Crippen molar-refractivity contribution >= 4 is 17.4 Å². The summed E-state index contributed by atoms with van der Waals surface area (Å²) in [5, 5.41) is 0.599. The second-order valence-corrected chi connectivity index (χ2v) is 3.83. The Morgan fingerprint density at radius 2 is 2.33 bits per heavy atom. The Bertz CT molecular complexity index is 443. The zero-order valence-electron chi connectivity index (χ0n) is 8.14. The zero-order valence-corrected chi connectivity index (χ0v) is 8.95. The molecular formula is C10H10N2O2S. The predicted molar refractivity (Wildman–Crippen MR) is 58.0 cm³/mol. The molecule has 0 fully saturated rings. The SMILES string of the molecule is COc1cc(Sc2ncco2)ccc1N. The average molecular weight is 222 g/mol. The van der Waals surface area contributed by atoms with E-state index in [4.69, 9.17) is 14.9 Å². The minimum Gasteiger partial charge on any atom is -0.495 e. The van der Waals surface area contributed by atoms with Crippen LogP contribution in [0.25, 0.3) is 0 Å². The van der Waals surface area contributed by atoms with Gasteiger partial charge in [0.2, 0.25) is 0 Å². The molecule has 0 atom stereocenters. The highest BCUT2D eigenvalue weighted by molar-refractivity contribution is 7.99. The molecule has 0 radical (unpaired) electrons. The van der Waals surface area contributed by atoms with Gasteiger partial charge < -0.3 is 14.9 Å². The Hall–Kier alpha value is -1.62. The van der Waals surface area contributed by atoms with Crippen LogP contribution < -0.4 is 10.5 Å². The van der Waals surface area contributed by atoms with Gasteiger partial charge in [-0.25, -0.2) is 4.98 Å². The Kier molecular flexibility index (Phi) is 2.82. The molecule has 0 aliphatic heterocycles. The number of hydrogen-bond acceptors (Lipinski definition) is 5. The molecule has 0 bridgehead atoms. The van der Waals surface area contributed by atoms with E-state index < -0.39 is 0 Å². The molecule has 0 saturated carbocycles. The predicted octanol–water partition coefficient (Wildman–Crippen LogP) is 2.42. The first-order valence-electron chi connectivity index (χ1n) is 4.30. The lowest BCUT2D eigenvalue weighted by Gasteiger charge is -2.05. The summed E-state index contributed by atoms with van der Waals surface area (Å²) >= 11 is 1.42. The van der Waals surface area contributed by atoms with E-state index in [9.17, 15) is 0 Å². The van der Waals surface area contributed by atoms with E-state index in [1.54, 1.807) is 19.4 Å². The lowest BCUT2D eigenvalue weighted by molar-refractivity contribution is 0.416. The molecule has 0 spiro atoms. The van der Waals surface area contributed by atoms with Crippen LogP contribution in [0.4, 0.5) is 5.69 Å². The lowest BCUT2D eigenvalue weighted by Crippen LogP contribution is -1.91. The summed E-state index contributed by atoms with van der Waals surface area (Å²) in [6.45, 7) is 0. The highest BCUT2D eigenvalue weighted by atomic mass is 32.2. The van der Waals surface area contributed by atoms with Crippen molar-refractivity contribution in [1.29, 1.82) is 0 Å². The van der Waals surface area contributed by atoms with Crippen LogP contribution in [0.5, 0.6) is 5.75 Å². The summed E-state index contributed by atoms with van der Waals surface area (Å²) in [5.74, 6) is 0.659. The van der Waals surface area contributed by atoms with Gasteiger partial charge in [0.15, 0.2) is 0 Å². The number of nitrogens with two attached hydrogens (primary N) is 1. The van der Waals surface area contributed by atoms with Crippen LogP contribution in [-0.2, 0) is 0 Å². The minimum atomic E-state index is 0.599. The van der Waals surface area contributed by atoms with Crippen LogP contribution in [0, 0.1) is 0 Å². The van der Waals surface area contributed by atoms with E-state index in [1.165, 1.54) is 18.0 Å². The van der Waals surface area contributed by atoms with Crippen molar-refractivity contribution < 1.29 is 9.15 Å². The molecule has 2 aromatic rings. The van der Waals surface area contributed by atoms with Gasteiger partial charge in [-0.3, -0.25) is 0 Å². The molecule has 2 rings (SSSR count). The van der Waals surface area contributed by atoms with E-state index in [1.807, 2.05) is 12.1 Å². The Labute approximate surface area is 91.4 Å². The molecule has 15 heavy (non-hydrogen) atoms. The molecule has 78 valence electrons. The Balaban J connectivity index is 2.22. The highest BCUT2D eigenvalue weighted by Crippen LogP contribution is 2.31. The Morgan fingerprint density at radius 1 is 1.47 bits per heavy atom. The summed E-state index contributed by atoms with van der Waals surface area (Å²) in [6.07, 6.45) is 3.15. The van der Waals surface area contributed by atoms with Crippen LogP contribution >= 0.6 is 11.8 Å². The smallest absolute Gasteiger partial charge is 0.260 e. The number of nitrogen functional groups attached to an aromatic ring is 1. The number of oxazole rings is 1. The molecule has 5 heteroatoms. The number of ether oxygens (including phenoxy) is 1. The van der Waals surface area contributed by atoms with Gasteiger partial charge in [-0.1, -0.05) is 0 Å². The van der Waals surface area contributed by atoms with Gasteiger partial charge >= 0.3 is 0 Å². The fraction of sp³-hybridized carbons (Fsp3) is 0.100. The highest BCUT2D eigenvalue weighted by Gasteiger charge is 2.05. The first-order valence-corrected chi connectivity index (χ1v) is 5.12. The third-order valence-electron chi connectivity index (χ3n) is 1.82. The fourth-order valence-corrected chi connectivity index (χ4v) is 1.84. The van der Waals surface area contributed by atoms with E-state index in [2.05, 4.69) is 4.98 Å². The van der Waals surface area contributed by atoms with Crippen molar-refractivity contribution in [2.75, 3.05) is 12.8 Å². The van der Waals surface area contributed by atoms with Crippen molar-refractivity contribution in [3.63, 3.8) is 0 Å². The fourth-order valence-electron chi connectivity index (χ4n) is 1.12. The van der Waals surface area contributed by atoms with Crippen molar-refractivity contribution in [2.24, 2.45) is 0 Å². The topological polar surface area (TPSA) is 61.3 Å². The molecule has 1 heterocycles. The van der Waals surface area contributed by atoms with Crippen molar-refractivity contribution in [3.8, 4) is 5.75 Å². The molecule has 1 aromatic heterocycles. The van der Waals surface area contributed by atoms with Gasteiger partial charge in [0.05, 0.1) is 19.0 Å². The molecule has 0 aliphatic rings. The second-order valence-electron chi connectivity index (χ2n) is 2.80. The molecule has 0 amide bonds. The summed E-state index contributed by atoms with van der Waals surface area (Å²) in [6, 6.07) is 5.54. The minimum absolute atomic E-state index is 0.599. The number of benzene rings is 1. The first kappa shape index (κ1) is 9.92. The summed E-state index contributed by atoms with van der Waals surface area (Å²) < 4.78 is 10.2. The first-order chi connectivity index (χ1) is 7.29. The van der Waals surface area contributed by atoms with Crippen LogP contribution in [0.1, 0.15) is 0 Å². The van der Waals surface area contributed by atoms with Crippen molar-refractivity contribution in [3.05, 3.63) is 30.7 Å². The third kappa shape index (κ3) is 2.24. The number of aromatic nitrogens is 1. The van der Waals surface area contributed by atoms with Gasteiger partial charge in [0.1, 0.15) is 12.0 Å². The third-order valence-corrected chi connectivity index (χ3v) is 2.69. The van der Waals surface area contributed by atoms with Crippen LogP contribution in [0.3, 0.4) is 0 Å². The van der Waals surface area contributed by atoms with Crippen molar-refractivity contribution in [2.45, 2.75) is 10.1 Å². The quantitative estimate of drug-likeness (QED) is 0.808. The maximum absolute atomic E-state index is 5.70. The zero-order chi connectivity index (χ0) is 10.7. The average Bonchev–Trinajstić information content (AvgIpc) is 2.73. The number of methoxy groups -OCH3 is 1. The molecule has 4 nitrogen and oxygen atoms in total. The molecule has 0 saturated heterocycles. The summed E-state index contributed by atoms with van der Waals surface area (Å²) in [7, 11) is 1.59. The normalized spacial score (nSPS) is 10.2. The summed E-state index contributed by atoms with van der Waals surface area (Å²) in [4.78, 5) is 4.99. The number of hydrogen-bond donors (Lipinski definition) is 1. The molecule has 1 aromatic carbocycles. The van der Waals surface area contributed by atoms with Gasteiger partial charge in [-0.05, 0) is 30.0 Å². The number of anilines is 1. The standard InChI is InChI=1S/C10H10N2O2S/c1-13-9-6-7(2-3-8(9)11)15-10-12-4-5-14-10/h2-6H,11H2,1H3. The van der Waals surface area contributed by atoms with Gasteiger partial charge in [-0.2, -0.15) is 0 Å². The van der Waals surface area contributed by atoms with Gasteiger partial charge in [0.25, 0.3) is 5.22 Å². The number of rotatable bonds is 3. The van der Waals surface area contributed by atoms with E-state index in [-0.39, 0.29) is 0 Å². The number of nitrogens with zero attached hydrogens (tertiary/aromatic N) is 1. The lowest BCUT2D eigenvalue weighted by atomic mass is 10.3. The van der Waals surface area contributed by atoms with E-state index in [0.717, 1.165) is 4.90 Å². The van der Waals surface area contributed by atoms with Crippen LogP contribution in [0.15, 0.2) is 45.2 Å². The molecular weight excluding hydrogens is 212 g/mol. The van der Waals surface area contributed by atoms with Crippen LogP contribution in [-0.4, -0.2) is 12.1 Å². The van der Waals surface area contributed by atoms with Gasteiger partial charge in [0, 0.05) is 4.90 Å². The molecule has 0 aliphatic carbocycles. The second kappa shape index (κ2) is 4.27.